The third kappa shape index (κ3) is 6.70. The van der Waals surface area contributed by atoms with Crippen LogP contribution in [0.3, 0.4) is 0 Å². The van der Waals surface area contributed by atoms with Crippen molar-refractivity contribution in [3.8, 4) is 0 Å². The predicted octanol–water partition coefficient (Wildman–Crippen LogP) is -0.153. The lowest BCUT2D eigenvalue weighted by atomic mass is 9.81. The van der Waals surface area contributed by atoms with E-state index >= 15 is 0 Å². The summed E-state index contributed by atoms with van der Waals surface area (Å²) in [4.78, 5) is 14.4. The van der Waals surface area contributed by atoms with Gasteiger partial charge in [0, 0.05) is 11.7 Å². The van der Waals surface area contributed by atoms with Crippen LogP contribution >= 0.6 is 0 Å². The highest BCUT2D eigenvalue weighted by Crippen LogP contribution is 2.07. The van der Waals surface area contributed by atoms with Gasteiger partial charge in [-0.2, -0.15) is 4.99 Å². The molecule has 6 nitrogen and oxygen atoms in total. The van der Waals surface area contributed by atoms with Gasteiger partial charge in [0.15, 0.2) is 0 Å². The van der Waals surface area contributed by atoms with E-state index in [1.807, 2.05) is 0 Å². The van der Waals surface area contributed by atoms with Crippen LogP contribution in [0.1, 0.15) is 20.8 Å². The van der Waals surface area contributed by atoms with Crippen LogP contribution in [0.5, 0.6) is 0 Å². The highest BCUT2D eigenvalue weighted by molar-refractivity contribution is 6.57. The molecule has 84 valence electrons. The first-order chi connectivity index (χ1) is 6.76. The quantitative estimate of drug-likeness (QED) is 0.437. The molecule has 7 heteroatoms. The van der Waals surface area contributed by atoms with Crippen molar-refractivity contribution < 1.29 is 19.6 Å². The lowest BCUT2D eigenvalue weighted by Crippen LogP contribution is -2.23. The Morgan fingerprint density at radius 2 is 2.00 bits per heavy atom. The third-order valence-electron chi connectivity index (χ3n) is 1.20. The van der Waals surface area contributed by atoms with E-state index in [1.165, 1.54) is 0 Å². The van der Waals surface area contributed by atoms with E-state index in [1.54, 1.807) is 20.8 Å². The second-order valence-electron chi connectivity index (χ2n) is 3.78. The molecule has 0 saturated heterocycles. The number of amides is 1. The minimum Gasteiger partial charge on any atom is -0.442 e. The largest absolute Gasteiger partial charge is 0.491 e. The topological polar surface area (TPSA) is 105 Å². The molecule has 0 spiro atoms. The zero-order valence-corrected chi connectivity index (χ0v) is 8.97. The number of hydrogen-bond donors (Lipinski definition) is 3. The summed E-state index contributed by atoms with van der Waals surface area (Å²) in [6.07, 6.45) is 1.07. The van der Waals surface area contributed by atoms with Gasteiger partial charge < -0.3 is 20.5 Å². The molecule has 0 radical (unpaired) electrons. The highest BCUT2D eigenvalue weighted by Gasteiger charge is 2.16. The van der Waals surface area contributed by atoms with Gasteiger partial charge in [0.05, 0.1) is 0 Å². The van der Waals surface area contributed by atoms with E-state index in [-0.39, 0.29) is 5.47 Å². The molecule has 0 aliphatic heterocycles. The second-order valence-corrected chi connectivity index (χ2v) is 3.78. The second kappa shape index (κ2) is 5.52. The van der Waals surface area contributed by atoms with Crippen LogP contribution in [0.25, 0.3) is 0 Å². The van der Waals surface area contributed by atoms with Crippen molar-refractivity contribution in [3.63, 3.8) is 0 Å². The average Bonchev–Trinajstić information content (AvgIpc) is 2.01. The predicted molar refractivity (Wildman–Crippen MR) is 57.2 cm³/mol. The average molecular weight is 214 g/mol. The number of aliphatic imine (C=N–C) groups is 1. The first-order valence-corrected chi connectivity index (χ1v) is 4.31. The Morgan fingerprint density at radius 3 is 2.33 bits per heavy atom. The van der Waals surface area contributed by atoms with Crippen molar-refractivity contribution >= 4 is 19.4 Å². The number of ether oxygens (including phenoxy) is 1. The van der Waals surface area contributed by atoms with Crippen molar-refractivity contribution in [3.05, 3.63) is 11.7 Å². The van der Waals surface area contributed by atoms with E-state index in [0.717, 1.165) is 12.4 Å². The van der Waals surface area contributed by atoms with Crippen LogP contribution in [0.2, 0.25) is 0 Å². The van der Waals surface area contributed by atoms with Crippen LogP contribution in [-0.2, 0) is 4.74 Å². The van der Waals surface area contributed by atoms with E-state index in [4.69, 9.17) is 20.5 Å². The number of hydrogen-bond acceptors (Lipinski definition) is 5. The molecule has 0 saturated carbocycles. The van der Waals surface area contributed by atoms with Gasteiger partial charge in [0.1, 0.15) is 5.60 Å². The molecular formula is C8H15BN2O4. The number of rotatable bonds is 2. The van der Waals surface area contributed by atoms with Gasteiger partial charge >= 0.3 is 13.2 Å². The Labute approximate surface area is 88.6 Å². The molecule has 0 aromatic carbocycles. The normalized spacial score (nSPS) is 13.0. The molecule has 1 amide bonds. The highest BCUT2D eigenvalue weighted by atomic mass is 16.6. The first-order valence-electron chi connectivity index (χ1n) is 4.31. The zero-order chi connectivity index (χ0) is 12.1. The summed E-state index contributed by atoms with van der Waals surface area (Å²) in [5.41, 5.74) is 4.34. The molecule has 0 rings (SSSR count). The number of carbonyl (C=O) groups is 1. The lowest BCUT2D eigenvalue weighted by molar-refractivity contribution is 0.0605. The SMILES string of the molecule is CC(C)(C)OC(=O)N=CC(=CN)B(O)O. The lowest BCUT2D eigenvalue weighted by Gasteiger charge is -2.17. The molecule has 0 unspecified atom stereocenters. The van der Waals surface area contributed by atoms with Crippen LogP contribution < -0.4 is 5.73 Å². The van der Waals surface area contributed by atoms with Crippen molar-refractivity contribution in [1.82, 2.24) is 0 Å². The Kier molecular flexibility index (Phi) is 5.03. The number of nitrogens with two attached hydrogens (primary N) is 1. The Bertz CT molecular complexity index is 281. The fourth-order valence-electron chi connectivity index (χ4n) is 0.611. The maximum Gasteiger partial charge on any atom is 0.491 e. The van der Waals surface area contributed by atoms with Crippen molar-refractivity contribution in [2.45, 2.75) is 26.4 Å². The smallest absolute Gasteiger partial charge is 0.442 e. The number of nitrogens with zero attached hydrogens (tertiary/aromatic N) is 1. The summed E-state index contributed by atoms with van der Waals surface area (Å²) in [5.74, 6) is 0. The number of carbonyl (C=O) groups excluding carboxylic acids is 1. The van der Waals surface area contributed by atoms with Gasteiger partial charge in [-0.3, -0.25) is 0 Å². The fraction of sp³-hybridized carbons (Fsp3) is 0.500. The molecule has 0 bridgehead atoms. The van der Waals surface area contributed by atoms with Gasteiger partial charge in [-0.1, -0.05) is 0 Å². The molecule has 4 N–H and O–H groups in total. The molecule has 0 aliphatic rings. The fourth-order valence-corrected chi connectivity index (χ4v) is 0.611. The molecule has 0 fully saturated rings. The minimum atomic E-state index is -1.76. The Morgan fingerprint density at radius 1 is 1.47 bits per heavy atom. The van der Waals surface area contributed by atoms with E-state index < -0.39 is 18.8 Å². The summed E-state index contributed by atoms with van der Waals surface area (Å²) < 4.78 is 4.84. The summed E-state index contributed by atoms with van der Waals surface area (Å²) in [5, 5.41) is 17.4. The van der Waals surface area contributed by atoms with E-state index in [9.17, 15) is 4.79 Å². The van der Waals surface area contributed by atoms with Crippen LogP contribution in [0.15, 0.2) is 16.7 Å². The molecule has 0 aliphatic carbocycles. The Hall–Kier alpha value is -1.34. The maximum absolute atomic E-state index is 11.1. The van der Waals surface area contributed by atoms with Gasteiger partial charge in [0.25, 0.3) is 0 Å². The summed E-state index contributed by atoms with van der Waals surface area (Å²) in [6.45, 7) is 5.09. The molecular weight excluding hydrogens is 199 g/mol. The zero-order valence-electron chi connectivity index (χ0n) is 8.97. The van der Waals surface area contributed by atoms with Gasteiger partial charge in [-0.05, 0) is 27.0 Å². The van der Waals surface area contributed by atoms with Crippen molar-refractivity contribution in [2.24, 2.45) is 10.7 Å². The van der Waals surface area contributed by atoms with E-state index in [0.29, 0.717) is 0 Å². The Balaban J connectivity index is 4.35. The van der Waals surface area contributed by atoms with E-state index in [2.05, 4.69) is 4.99 Å². The molecule has 0 aromatic heterocycles. The third-order valence-corrected chi connectivity index (χ3v) is 1.20. The van der Waals surface area contributed by atoms with Gasteiger partial charge in [0.2, 0.25) is 0 Å². The maximum atomic E-state index is 11.1. The van der Waals surface area contributed by atoms with Crippen LogP contribution in [-0.4, -0.2) is 35.1 Å². The molecule has 15 heavy (non-hydrogen) atoms. The minimum absolute atomic E-state index is 0.0825. The van der Waals surface area contributed by atoms with Crippen molar-refractivity contribution in [1.29, 1.82) is 0 Å². The van der Waals surface area contributed by atoms with Gasteiger partial charge in [-0.15, -0.1) is 0 Å². The molecule has 0 atom stereocenters. The summed E-state index contributed by atoms with van der Waals surface area (Å²) >= 11 is 0. The molecule has 0 heterocycles. The van der Waals surface area contributed by atoms with Crippen molar-refractivity contribution in [2.75, 3.05) is 0 Å². The van der Waals surface area contributed by atoms with Gasteiger partial charge in [-0.25, -0.2) is 4.79 Å². The molecule has 0 aromatic rings. The standard InChI is InChI=1S/C8H15BN2O4/c1-8(2,3)15-7(12)11-5-6(4-10)9(13)14/h4-5,13-14H,10H2,1-3H3. The number of allylic oxidation sites excluding steroid dienone is 1. The monoisotopic (exact) mass is 214 g/mol. The first kappa shape index (κ1) is 13.7. The van der Waals surface area contributed by atoms with Crippen LogP contribution in [0, 0.1) is 0 Å². The summed E-state index contributed by atoms with van der Waals surface area (Å²) in [6, 6.07) is 0. The van der Waals surface area contributed by atoms with Crippen LogP contribution in [0.4, 0.5) is 4.79 Å². The summed E-state index contributed by atoms with van der Waals surface area (Å²) in [7, 11) is -1.76.